The lowest BCUT2D eigenvalue weighted by Crippen LogP contribution is -2.26. The smallest absolute Gasteiger partial charge is 0.342 e. The van der Waals surface area contributed by atoms with Crippen molar-refractivity contribution in [1.82, 2.24) is 0 Å². The molecule has 0 aliphatic rings. The summed E-state index contributed by atoms with van der Waals surface area (Å²) in [4.78, 5) is 23.4. The van der Waals surface area contributed by atoms with E-state index in [9.17, 15) is 9.59 Å². The molecule has 0 radical (unpaired) electrons. The molecule has 1 rings (SSSR count). The lowest BCUT2D eigenvalue weighted by molar-refractivity contribution is -0.150. The number of carbonyl (C=O) groups is 2. The number of carbonyl (C=O) groups excluding carboxylic acids is 2. The minimum atomic E-state index is -0.609. The Morgan fingerprint density at radius 2 is 1.67 bits per heavy atom. The summed E-state index contributed by atoms with van der Waals surface area (Å²) < 4.78 is 5.21. The first-order valence-corrected chi connectivity index (χ1v) is 5.80. The van der Waals surface area contributed by atoms with Crippen LogP contribution >= 0.6 is 0 Å². The molecule has 0 atom stereocenters. The Labute approximate surface area is 107 Å². The molecule has 0 saturated carbocycles. The standard InChI is InChI=1S/C15H18O3/c1-11(16)13(14(17)18-15(2,3)4)10-12-8-6-5-7-9-12/h5-10H,1-4H3. The first kappa shape index (κ1) is 14.2. The summed E-state index contributed by atoms with van der Waals surface area (Å²) in [5, 5.41) is 0. The molecule has 0 N–H and O–H groups in total. The molecule has 18 heavy (non-hydrogen) atoms. The Morgan fingerprint density at radius 1 is 1.11 bits per heavy atom. The second kappa shape index (κ2) is 5.63. The first-order valence-electron chi connectivity index (χ1n) is 5.80. The van der Waals surface area contributed by atoms with Gasteiger partial charge in [0.25, 0.3) is 0 Å². The second-order valence-electron chi connectivity index (χ2n) is 5.03. The number of Topliss-reactive ketones (excluding diaryl/α,β-unsaturated/α-hetero) is 1. The van der Waals surface area contributed by atoms with E-state index in [1.54, 1.807) is 26.8 Å². The average molecular weight is 246 g/mol. The second-order valence-corrected chi connectivity index (χ2v) is 5.03. The zero-order chi connectivity index (χ0) is 13.8. The molecular formula is C15H18O3. The molecule has 0 aliphatic heterocycles. The predicted octanol–water partition coefficient (Wildman–Crippen LogP) is 3.00. The summed E-state index contributed by atoms with van der Waals surface area (Å²) in [5.74, 6) is -0.882. The van der Waals surface area contributed by atoms with Gasteiger partial charge >= 0.3 is 5.97 Å². The molecule has 3 heteroatoms. The quantitative estimate of drug-likeness (QED) is 0.356. The third kappa shape index (κ3) is 4.53. The monoisotopic (exact) mass is 246 g/mol. The molecule has 1 aromatic rings. The van der Waals surface area contributed by atoms with Crippen LogP contribution in [0.15, 0.2) is 35.9 Å². The fourth-order valence-corrected chi connectivity index (χ4v) is 1.35. The summed E-state index contributed by atoms with van der Waals surface area (Å²) in [6.07, 6.45) is 1.55. The van der Waals surface area contributed by atoms with Gasteiger partial charge in [0.15, 0.2) is 5.78 Å². The highest BCUT2D eigenvalue weighted by atomic mass is 16.6. The van der Waals surface area contributed by atoms with Crippen LogP contribution in [0.5, 0.6) is 0 Å². The fraction of sp³-hybridized carbons (Fsp3) is 0.333. The number of rotatable bonds is 3. The van der Waals surface area contributed by atoms with Crippen LogP contribution in [0.4, 0.5) is 0 Å². The van der Waals surface area contributed by atoms with Crippen molar-refractivity contribution in [1.29, 1.82) is 0 Å². The zero-order valence-corrected chi connectivity index (χ0v) is 11.2. The van der Waals surface area contributed by atoms with Crippen molar-refractivity contribution < 1.29 is 14.3 Å². The van der Waals surface area contributed by atoms with Crippen molar-refractivity contribution in [3.05, 3.63) is 41.5 Å². The Morgan fingerprint density at radius 3 is 2.11 bits per heavy atom. The Kier molecular flexibility index (Phi) is 4.43. The third-order valence-electron chi connectivity index (χ3n) is 2.11. The molecule has 0 bridgehead atoms. The number of hydrogen-bond acceptors (Lipinski definition) is 3. The van der Waals surface area contributed by atoms with Gasteiger partial charge in [0, 0.05) is 0 Å². The number of ketones is 1. The normalized spacial score (nSPS) is 12.1. The lowest BCUT2D eigenvalue weighted by Gasteiger charge is -2.19. The van der Waals surface area contributed by atoms with E-state index in [1.165, 1.54) is 6.92 Å². The van der Waals surface area contributed by atoms with Gasteiger partial charge in [-0.15, -0.1) is 0 Å². The van der Waals surface area contributed by atoms with E-state index in [0.717, 1.165) is 5.56 Å². The largest absolute Gasteiger partial charge is 0.456 e. The number of benzene rings is 1. The SMILES string of the molecule is CC(=O)C(=Cc1ccccc1)C(=O)OC(C)(C)C. The first-order chi connectivity index (χ1) is 8.29. The lowest BCUT2D eigenvalue weighted by atomic mass is 10.1. The molecule has 0 spiro atoms. The van der Waals surface area contributed by atoms with Gasteiger partial charge < -0.3 is 4.74 Å². The van der Waals surface area contributed by atoms with E-state index in [0.29, 0.717) is 0 Å². The highest BCUT2D eigenvalue weighted by molar-refractivity contribution is 6.19. The molecule has 0 amide bonds. The maximum atomic E-state index is 11.9. The Balaban J connectivity index is 3.01. The average Bonchev–Trinajstić information content (AvgIpc) is 2.24. The Bertz CT molecular complexity index is 464. The van der Waals surface area contributed by atoms with E-state index in [4.69, 9.17) is 4.74 Å². The van der Waals surface area contributed by atoms with Crippen molar-refractivity contribution in [2.45, 2.75) is 33.3 Å². The molecule has 0 aliphatic carbocycles. The summed E-state index contributed by atoms with van der Waals surface area (Å²) in [5.41, 5.74) is 0.257. The van der Waals surface area contributed by atoms with E-state index in [1.807, 2.05) is 30.3 Å². The van der Waals surface area contributed by atoms with Crippen LogP contribution < -0.4 is 0 Å². The van der Waals surface area contributed by atoms with Gasteiger partial charge in [0.05, 0.1) is 0 Å². The fourth-order valence-electron chi connectivity index (χ4n) is 1.35. The van der Waals surface area contributed by atoms with Crippen molar-refractivity contribution in [3.8, 4) is 0 Å². The van der Waals surface area contributed by atoms with E-state index < -0.39 is 11.6 Å². The van der Waals surface area contributed by atoms with Crippen LogP contribution in [-0.2, 0) is 14.3 Å². The minimum absolute atomic E-state index is 0.0659. The highest BCUT2D eigenvalue weighted by Gasteiger charge is 2.22. The van der Waals surface area contributed by atoms with Gasteiger partial charge in [-0.1, -0.05) is 30.3 Å². The zero-order valence-electron chi connectivity index (χ0n) is 11.2. The number of hydrogen-bond donors (Lipinski definition) is 0. The van der Waals surface area contributed by atoms with Crippen LogP contribution in [-0.4, -0.2) is 17.4 Å². The van der Waals surface area contributed by atoms with Gasteiger partial charge in [0.2, 0.25) is 0 Å². The van der Waals surface area contributed by atoms with Gasteiger partial charge in [0.1, 0.15) is 11.2 Å². The molecule has 0 fully saturated rings. The van der Waals surface area contributed by atoms with Gasteiger partial charge in [-0.25, -0.2) is 4.79 Å². The maximum Gasteiger partial charge on any atom is 0.342 e. The summed E-state index contributed by atoms with van der Waals surface area (Å²) in [6.45, 7) is 6.67. The molecule has 0 heterocycles. The van der Waals surface area contributed by atoms with Crippen molar-refractivity contribution >= 4 is 17.8 Å². The van der Waals surface area contributed by atoms with E-state index >= 15 is 0 Å². The molecule has 0 unspecified atom stereocenters. The van der Waals surface area contributed by atoms with Crippen LogP contribution in [0.25, 0.3) is 6.08 Å². The van der Waals surface area contributed by atoms with Crippen LogP contribution in [0, 0.1) is 0 Å². The summed E-state index contributed by atoms with van der Waals surface area (Å²) >= 11 is 0. The molecule has 0 aromatic heterocycles. The minimum Gasteiger partial charge on any atom is -0.456 e. The van der Waals surface area contributed by atoms with Crippen molar-refractivity contribution in [3.63, 3.8) is 0 Å². The summed E-state index contributed by atoms with van der Waals surface area (Å²) in [7, 11) is 0. The number of esters is 1. The van der Waals surface area contributed by atoms with Crippen LogP contribution in [0.2, 0.25) is 0 Å². The molecule has 3 nitrogen and oxygen atoms in total. The van der Waals surface area contributed by atoms with Crippen LogP contribution in [0.1, 0.15) is 33.3 Å². The molecule has 0 saturated heterocycles. The molecular weight excluding hydrogens is 228 g/mol. The summed E-state index contributed by atoms with van der Waals surface area (Å²) in [6, 6.07) is 9.22. The van der Waals surface area contributed by atoms with Gasteiger partial charge in [-0.05, 0) is 39.3 Å². The van der Waals surface area contributed by atoms with Crippen molar-refractivity contribution in [2.24, 2.45) is 0 Å². The van der Waals surface area contributed by atoms with Crippen molar-refractivity contribution in [2.75, 3.05) is 0 Å². The van der Waals surface area contributed by atoms with E-state index in [-0.39, 0.29) is 11.4 Å². The van der Waals surface area contributed by atoms with E-state index in [2.05, 4.69) is 0 Å². The molecule has 1 aromatic carbocycles. The van der Waals surface area contributed by atoms with Gasteiger partial charge in [-0.2, -0.15) is 0 Å². The predicted molar refractivity (Wildman–Crippen MR) is 70.9 cm³/mol. The van der Waals surface area contributed by atoms with Crippen LogP contribution in [0.3, 0.4) is 0 Å². The topological polar surface area (TPSA) is 43.4 Å². The third-order valence-corrected chi connectivity index (χ3v) is 2.11. The van der Waals surface area contributed by atoms with Gasteiger partial charge in [-0.3, -0.25) is 4.79 Å². The Hall–Kier alpha value is -1.90. The highest BCUT2D eigenvalue weighted by Crippen LogP contribution is 2.14. The number of ether oxygens (including phenoxy) is 1. The maximum absolute atomic E-state index is 11.9. The molecule has 96 valence electrons.